The summed E-state index contributed by atoms with van der Waals surface area (Å²) in [5, 5.41) is 9.18. The maximum atomic E-state index is 6.47. The van der Waals surface area contributed by atoms with E-state index in [1.807, 2.05) is 22.7 Å². The van der Waals surface area contributed by atoms with E-state index in [1.54, 1.807) is 0 Å². The molecule has 0 unspecified atom stereocenters. The average molecular weight is 636 g/mol. The Kier molecular flexibility index (Phi) is 4.83. The first-order chi connectivity index (χ1) is 20.8. The van der Waals surface area contributed by atoms with Gasteiger partial charge in [0, 0.05) is 0 Å². The van der Waals surface area contributed by atoms with E-state index in [9.17, 15) is 0 Å². The number of hydrogen-bond acceptors (Lipinski definition) is 3. The predicted octanol–water partition coefficient (Wildman–Crippen LogP) is 11.9. The summed E-state index contributed by atoms with van der Waals surface area (Å²) in [6.07, 6.45) is 0. The molecule has 0 fully saturated rings. The Hall–Kier alpha value is -4.18. The van der Waals surface area contributed by atoms with Crippen LogP contribution in [0.4, 0.5) is 0 Å². The van der Waals surface area contributed by atoms with Gasteiger partial charge in [-0.15, -0.1) is 0 Å². The van der Waals surface area contributed by atoms with Gasteiger partial charge in [-0.05, 0) is 0 Å². The Labute approximate surface area is 254 Å². The van der Waals surface area contributed by atoms with Crippen LogP contribution in [0.25, 0.3) is 93.1 Å². The normalized spacial score (nSPS) is 12.3. The van der Waals surface area contributed by atoms with Crippen LogP contribution in [0.1, 0.15) is 0 Å². The van der Waals surface area contributed by atoms with Crippen LogP contribution in [0.5, 0.6) is 0 Å². The summed E-state index contributed by atoms with van der Waals surface area (Å²) >= 11 is 3.91. The Morgan fingerprint density at radius 2 is 0.929 bits per heavy atom. The van der Waals surface area contributed by atoms with Gasteiger partial charge in [0.1, 0.15) is 0 Å². The van der Waals surface area contributed by atoms with E-state index in [0.717, 1.165) is 10.0 Å². The maximum absolute atomic E-state index is 6.47. The van der Waals surface area contributed by atoms with E-state index in [2.05, 4.69) is 121 Å². The summed E-state index contributed by atoms with van der Waals surface area (Å²) in [6, 6.07) is 45.0. The molecule has 0 aliphatic carbocycles. The second-order valence-electron chi connectivity index (χ2n) is 10.9. The van der Waals surface area contributed by atoms with Crippen LogP contribution < -0.4 is 0 Å². The van der Waals surface area contributed by atoms with Gasteiger partial charge in [0.2, 0.25) is 0 Å². The van der Waals surface area contributed by atoms with Crippen LogP contribution in [-0.2, 0) is 0 Å². The number of fused-ring (bicyclic) bond motifs is 11. The average Bonchev–Trinajstić information content (AvgIpc) is 3.78. The number of furan rings is 1. The van der Waals surface area contributed by atoms with Gasteiger partial charge in [0.05, 0.1) is 0 Å². The van der Waals surface area contributed by atoms with Crippen molar-refractivity contribution in [3.63, 3.8) is 0 Å². The first-order valence-electron chi connectivity index (χ1n) is 14.0. The van der Waals surface area contributed by atoms with Crippen LogP contribution in [0.15, 0.2) is 126 Å². The molecule has 0 bridgehead atoms. The summed E-state index contributed by atoms with van der Waals surface area (Å²) in [5.41, 5.74) is 5.98. The molecule has 42 heavy (non-hydrogen) atoms. The number of rotatable bonds is 2. The summed E-state index contributed by atoms with van der Waals surface area (Å²) in [4.78, 5) is 0. The van der Waals surface area contributed by atoms with Crippen LogP contribution >= 0.6 is 22.7 Å². The standard InChI is InChI=1S/C38H20OS2Se/c1-3-7-32-25(5-1)27-17-22(10-14-34(27)40-32)21-9-13-31-29(19-21)37-30-20-24(12-16-36(30)42-38(37)39-31)23-11-15-35-28(18-23)26-6-2-4-8-33(26)41-35/h1-20H. The summed E-state index contributed by atoms with van der Waals surface area (Å²) < 4.78 is 14.4. The summed E-state index contributed by atoms with van der Waals surface area (Å²) in [6.45, 7) is 0. The molecule has 0 N–H and O–H groups in total. The third kappa shape index (κ3) is 3.35. The van der Waals surface area contributed by atoms with Crippen molar-refractivity contribution in [2.75, 3.05) is 0 Å². The number of benzene rings is 6. The van der Waals surface area contributed by atoms with Crippen molar-refractivity contribution >= 4 is 108 Å². The zero-order valence-corrected chi connectivity index (χ0v) is 25.5. The van der Waals surface area contributed by atoms with Crippen LogP contribution in [0, 0.1) is 0 Å². The van der Waals surface area contributed by atoms with Crippen molar-refractivity contribution < 1.29 is 4.42 Å². The van der Waals surface area contributed by atoms with Crippen molar-refractivity contribution in [2.24, 2.45) is 0 Å². The third-order valence-electron chi connectivity index (χ3n) is 8.53. The van der Waals surface area contributed by atoms with E-state index in [0.29, 0.717) is 0 Å². The molecule has 0 aliphatic heterocycles. The quantitative estimate of drug-likeness (QED) is 0.172. The molecule has 10 rings (SSSR count). The molecular formula is C38H20OS2Se. The molecule has 4 aromatic heterocycles. The topological polar surface area (TPSA) is 13.1 Å². The van der Waals surface area contributed by atoms with Gasteiger partial charge in [-0.1, -0.05) is 0 Å². The summed E-state index contributed by atoms with van der Waals surface area (Å²) in [5.74, 6) is 0. The Morgan fingerprint density at radius 1 is 0.429 bits per heavy atom. The molecule has 196 valence electrons. The van der Waals surface area contributed by atoms with Gasteiger partial charge in [0.25, 0.3) is 0 Å². The van der Waals surface area contributed by atoms with Gasteiger partial charge >= 0.3 is 256 Å². The van der Waals surface area contributed by atoms with Gasteiger partial charge in [-0.25, -0.2) is 0 Å². The zero-order chi connectivity index (χ0) is 27.4. The second kappa shape index (κ2) is 8.67. The van der Waals surface area contributed by atoms with E-state index >= 15 is 0 Å². The first-order valence-corrected chi connectivity index (χ1v) is 17.3. The molecule has 0 atom stereocenters. The van der Waals surface area contributed by atoms with Gasteiger partial charge in [-0.3, -0.25) is 0 Å². The van der Waals surface area contributed by atoms with Crippen LogP contribution in [0.3, 0.4) is 0 Å². The molecule has 0 spiro atoms. The summed E-state index contributed by atoms with van der Waals surface area (Å²) in [7, 11) is 0. The molecule has 1 nitrogen and oxygen atoms in total. The fourth-order valence-corrected chi connectivity index (χ4v) is 10.9. The van der Waals surface area contributed by atoms with Crippen molar-refractivity contribution in [3.05, 3.63) is 121 Å². The molecule has 10 aromatic rings. The number of thiophene rings is 2. The molecule has 0 saturated carbocycles. The van der Waals surface area contributed by atoms with Gasteiger partial charge in [0.15, 0.2) is 0 Å². The van der Waals surface area contributed by atoms with Crippen molar-refractivity contribution in [1.29, 1.82) is 0 Å². The van der Waals surface area contributed by atoms with Crippen molar-refractivity contribution in [2.45, 2.75) is 0 Å². The monoisotopic (exact) mass is 636 g/mol. The molecule has 0 radical (unpaired) electrons. The predicted molar refractivity (Wildman–Crippen MR) is 185 cm³/mol. The van der Waals surface area contributed by atoms with Crippen LogP contribution in [0.2, 0.25) is 0 Å². The van der Waals surface area contributed by atoms with Crippen molar-refractivity contribution in [1.82, 2.24) is 0 Å². The SMILES string of the molecule is c1ccc2c(c1)sc1ccc(-c3ccc4oc5[se]c6ccc(-c7ccc8sc9ccccc9c8c7)cc6c5c4c3)cc12. The first kappa shape index (κ1) is 23.4. The second-order valence-corrected chi connectivity index (χ2v) is 15.2. The Morgan fingerprint density at radius 3 is 1.57 bits per heavy atom. The fourth-order valence-electron chi connectivity index (χ4n) is 6.49. The Balaban J connectivity index is 1.15. The van der Waals surface area contributed by atoms with Crippen molar-refractivity contribution in [3.8, 4) is 22.3 Å². The zero-order valence-electron chi connectivity index (χ0n) is 22.2. The van der Waals surface area contributed by atoms with E-state index in [4.69, 9.17) is 4.42 Å². The van der Waals surface area contributed by atoms with Gasteiger partial charge < -0.3 is 0 Å². The molecule has 0 saturated heterocycles. The molecular weight excluding hydrogens is 616 g/mol. The van der Waals surface area contributed by atoms with E-state index < -0.39 is 0 Å². The molecule has 4 heterocycles. The number of hydrogen-bond donors (Lipinski definition) is 0. The fraction of sp³-hybridized carbons (Fsp3) is 0. The van der Waals surface area contributed by atoms with Gasteiger partial charge in [-0.2, -0.15) is 0 Å². The molecule has 4 heteroatoms. The van der Waals surface area contributed by atoms with E-state index in [-0.39, 0.29) is 14.5 Å². The van der Waals surface area contributed by atoms with E-state index in [1.165, 1.54) is 83.0 Å². The minimum atomic E-state index is 0.171. The molecule has 0 aliphatic rings. The third-order valence-corrected chi connectivity index (χ3v) is 13.0. The van der Waals surface area contributed by atoms with Crippen LogP contribution in [-0.4, -0.2) is 14.5 Å². The molecule has 0 amide bonds. The Bertz CT molecular complexity index is 2520. The molecule has 6 aromatic carbocycles. The minimum absolute atomic E-state index is 0.171.